The highest BCUT2D eigenvalue weighted by atomic mass is 35.5. The van der Waals surface area contributed by atoms with E-state index < -0.39 is 0 Å². The van der Waals surface area contributed by atoms with Crippen LogP contribution in [-0.4, -0.2) is 26.2 Å². The normalized spacial score (nSPS) is 15.0. The van der Waals surface area contributed by atoms with Crippen molar-refractivity contribution in [1.82, 2.24) is 9.47 Å². The molecule has 0 bridgehead atoms. The number of aryl methyl sites for hydroxylation is 1. The van der Waals surface area contributed by atoms with Gasteiger partial charge >= 0.3 is 0 Å². The first-order valence-electron chi connectivity index (χ1n) is 11.8. The highest BCUT2D eigenvalue weighted by Gasteiger charge is 2.32. The summed E-state index contributed by atoms with van der Waals surface area (Å²) >= 11 is 19.4. The molecule has 0 radical (unpaired) electrons. The van der Waals surface area contributed by atoms with E-state index in [0.29, 0.717) is 32.4 Å². The number of thioether (sulfide) groups is 1. The third-order valence-corrected chi connectivity index (χ3v) is 8.47. The van der Waals surface area contributed by atoms with Gasteiger partial charge in [-0.1, -0.05) is 109 Å². The Kier molecular flexibility index (Phi) is 7.54. The maximum Gasteiger partial charge on any atom is 0.266 e. The Bertz CT molecular complexity index is 1490. The summed E-state index contributed by atoms with van der Waals surface area (Å²) in [7, 11) is 0. The number of rotatable bonds is 7. The van der Waals surface area contributed by atoms with E-state index in [0.717, 1.165) is 34.9 Å². The minimum atomic E-state index is -0.0297. The molecule has 1 aromatic heterocycles. The predicted molar refractivity (Wildman–Crippen MR) is 157 cm³/mol. The smallest absolute Gasteiger partial charge is 0.266 e. The Hall–Kier alpha value is -2.57. The van der Waals surface area contributed by atoms with Crippen LogP contribution in [0.5, 0.6) is 0 Å². The topological polar surface area (TPSA) is 25.2 Å². The lowest BCUT2D eigenvalue weighted by molar-refractivity contribution is -0.122. The third kappa shape index (κ3) is 5.12. The highest BCUT2D eigenvalue weighted by Crippen LogP contribution is 2.35. The number of carbonyl (C=O) groups excluding carboxylic acids is 1. The predicted octanol–water partition coefficient (Wildman–Crippen LogP) is 8.00. The van der Waals surface area contributed by atoms with Crippen molar-refractivity contribution in [2.45, 2.75) is 26.3 Å². The molecule has 1 fully saturated rings. The van der Waals surface area contributed by atoms with Crippen LogP contribution < -0.4 is 0 Å². The number of aromatic nitrogens is 1. The summed E-state index contributed by atoms with van der Waals surface area (Å²) < 4.78 is 2.84. The second-order valence-electron chi connectivity index (χ2n) is 8.70. The van der Waals surface area contributed by atoms with Crippen LogP contribution in [0.2, 0.25) is 10.0 Å². The molecule has 4 aromatic rings. The fraction of sp³-hybridized carbons (Fsp3) is 0.172. The third-order valence-electron chi connectivity index (χ3n) is 6.36. The molecule has 1 aliphatic heterocycles. The van der Waals surface area contributed by atoms with Gasteiger partial charge in [-0.25, -0.2) is 0 Å². The summed E-state index contributed by atoms with van der Waals surface area (Å²) in [5.41, 5.74) is 5.67. The van der Waals surface area contributed by atoms with Crippen LogP contribution >= 0.6 is 47.2 Å². The van der Waals surface area contributed by atoms with Crippen molar-refractivity contribution in [1.29, 1.82) is 0 Å². The number of halogens is 2. The zero-order valence-electron chi connectivity index (χ0n) is 19.7. The van der Waals surface area contributed by atoms with E-state index in [4.69, 9.17) is 35.4 Å². The van der Waals surface area contributed by atoms with E-state index in [1.54, 1.807) is 4.90 Å². The van der Waals surface area contributed by atoms with E-state index in [-0.39, 0.29) is 5.91 Å². The van der Waals surface area contributed by atoms with Crippen molar-refractivity contribution in [2.24, 2.45) is 0 Å². The van der Waals surface area contributed by atoms with E-state index in [9.17, 15) is 4.79 Å². The molecular formula is C29H24Cl2N2OS2. The zero-order chi connectivity index (χ0) is 25.2. The minimum Gasteiger partial charge on any atom is -0.342 e. The van der Waals surface area contributed by atoms with Crippen molar-refractivity contribution in [3.8, 4) is 0 Å². The van der Waals surface area contributed by atoms with E-state index in [2.05, 4.69) is 48.0 Å². The molecule has 0 unspecified atom stereocenters. The quantitative estimate of drug-likeness (QED) is 0.172. The average molecular weight is 552 g/mol. The maximum atomic E-state index is 13.3. The van der Waals surface area contributed by atoms with Crippen molar-refractivity contribution < 1.29 is 4.79 Å². The van der Waals surface area contributed by atoms with Gasteiger partial charge in [-0.05, 0) is 47.7 Å². The van der Waals surface area contributed by atoms with Gasteiger partial charge in [0, 0.05) is 30.2 Å². The monoisotopic (exact) mass is 550 g/mol. The molecule has 2 heterocycles. The molecule has 36 heavy (non-hydrogen) atoms. The van der Waals surface area contributed by atoms with Crippen LogP contribution in [0.4, 0.5) is 0 Å². The summed E-state index contributed by atoms with van der Waals surface area (Å²) in [5.74, 6) is -0.0297. The zero-order valence-corrected chi connectivity index (χ0v) is 22.9. The lowest BCUT2D eigenvalue weighted by Crippen LogP contribution is -2.30. The van der Waals surface area contributed by atoms with Gasteiger partial charge in [0.2, 0.25) is 0 Å². The number of hydrogen-bond donors (Lipinski definition) is 0. The Balaban J connectivity index is 1.47. The number of benzene rings is 3. The molecule has 7 heteroatoms. The molecule has 182 valence electrons. The van der Waals surface area contributed by atoms with E-state index in [1.807, 2.05) is 42.5 Å². The highest BCUT2D eigenvalue weighted by molar-refractivity contribution is 8.26. The number of amides is 1. The summed E-state index contributed by atoms with van der Waals surface area (Å²) in [5, 5.41) is 2.20. The number of para-hydroxylation sites is 1. The van der Waals surface area contributed by atoms with Gasteiger partial charge in [-0.2, -0.15) is 0 Å². The summed E-state index contributed by atoms with van der Waals surface area (Å²) in [6.45, 7) is 3.38. The fourth-order valence-electron chi connectivity index (χ4n) is 4.54. The first-order chi connectivity index (χ1) is 17.4. The largest absolute Gasteiger partial charge is 0.342 e. The minimum absolute atomic E-state index is 0.0297. The van der Waals surface area contributed by atoms with Crippen LogP contribution in [0, 0.1) is 0 Å². The summed E-state index contributed by atoms with van der Waals surface area (Å²) in [6.07, 6.45) is 5.77. The van der Waals surface area contributed by atoms with Gasteiger partial charge in [-0.15, -0.1) is 0 Å². The van der Waals surface area contributed by atoms with Crippen molar-refractivity contribution in [3.63, 3.8) is 0 Å². The molecule has 0 atom stereocenters. The van der Waals surface area contributed by atoms with Crippen molar-refractivity contribution in [2.75, 3.05) is 6.54 Å². The second kappa shape index (κ2) is 10.8. The fourth-order valence-corrected chi connectivity index (χ4v) is 6.16. The second-order valence-corrected chi connectivity index (χ2v) is 11.2. The Morgan fingerprint density at radius 3 is 2.53 bits per heavy atom. The summed E-state index contributed by atoms with van der Waals surface area (Å²) in [4.78, 5) is 15.7. The first-order valence-corrected chi connectivity index (χ1v) is 13.8. The summed E-state index contributed by atoms with van der Waals surface area (Å²) in [6, 6.07) is 22.2. The molecule has 3 aromatic carbocycles. The molecule has 5 rings (SSSR count). The lowest BCUT2D eigenvalue weighted by atomic mass is 10.1. The molecule has 0 N–H and O–H groups in total. The van der Waals surface area contributed by atoms with Gasteiger partial charge in [0.1, 0.15) is 4.32 Å². The molecule has 3 nitrogen and oxygen atoms in total. The molecule has 1 amide bonds. The average Bonchev–Trinajstić information content (AvgIpc) is 3.36. The van der Waals surface area contributed by atoms with Gasteiger partial charge in [0.05, 0.1) is 20.5 Å². The van der Waals surface area contributed by atoms with Gasteiger partial charge < -0.3 is 4.57 Å². The lowest BCUT2D eigenvalue weighted by Gasteiger charge is -2.14. The Labute approximate surface area is 230 Å². The number of carbonyl (C=O) groups is 1. The van der Waals surface area contributed by atoms with Crippen LogP contribution in [0.3, 0.4) is 0 Å². The van der Waals surface area contributed by atoms with Crippen LogP contribution in [0.25, 0.3) is 17.0 Å². The maximum absolute atomic E-state index is 13.3. The molecular weight excluding hydrogens is 527 g/mol. The van der Waals surface area contributed by atoms with E-state index >= 15 is 0 Å². The van der Waals surface area contributed by atoms with Gasteiger partial charge in [0.15, 0.2) is 0 Å². The Morgan fingerprint density at radius 2 is 1.78 bits per heavy atom. The van der Waals surface area contributed by atoms with Crippen molar-refractivity contribution in [3.05, 3.63) is 110 Å². The number of fused-ring (bicyclic) bond motifs is 1. The molecule has 0 spiro atoms. The van der Waals surface area contributed by atoms with Gasteiger partial charge in [0.25, 0.3) is 5.91 Å². The van der Waals surface area contributed by atoms with Crippen LogP contribution in [-0.2, 0) is 24.2 Å². The molecule has 1 aliphatic rings. The Morgan fingerprint density at radius 1 is 0.972 bits per heavy atom. The standard InChI is InChI=1S/C29H24Cl2N2OS2/c1-2-21-9-6-10-23-22(18-32(27(21)23)17-20-11-12-24(30)25(31)15-20)16-26-28(34)33(29(35)36-26)14-13-19-7-4-3-5-8-19/h3-12,15-16,18H,2,13-14,17H2,1H3/b26-16-. The number of thiocarbonyl (C=S) groups is 1. The van der Waals surface area contributed by atoms with Gasteiger partial charge in [-0.3, -0.25) is 9.69 Å². The first kappa shape index (κ1) is 25.1. The molecule has 0 aliphatic carbocycles. The number of nitrogens with zero attached hydrogens (tertiary/aromatic N) is 2. The number of hydrogen-bond acceptors (Lipinski definition) is 3. The van der Waals surface area contributed by atoms with Crippen LogP contribution in [0.15, 0.2) is 77.8 Å². The van der Waals surface area contributed by atoms with Crippen molar-refractivity contribution >= 4 is 74.4 Å². The molecule has 0 saturated carbocycles. The van der Waals surface area contributed by atoms with E-state index in [1.165, 1.54) is 22.9 Å². The molecule has 1 saturated heterocycles. The SMILES string of the molecule is CCc1cccc2c(/C=C3\SC(=S)N(CCc4ccccc4)C3=O)cn(Cc3ccc(Cl)c(Cl)c3)c12. The van der Waals surface area contributed by atoms with Crippen LogP contribution in [0.1, 0.15) is 29.2 Å².